The van der Waals surface area contributed by atoms with Gasteiger partial charge in [-0.15, -0.1) is 6.58 Å². The van der Waals surface area contributed by atoms with E-state index in [1.165, 1.54) is 103 Å². The average molecular weight is 353 g/mol. The largest absolute Gasteiger partial charge is 0.381 e. The van der Waals surface area contributed by atoms with Crippen LogP contribution < -0.4 is 0 Å². The van der Waals surface area contributed by atoms with Crippen molar-refractivity contribution < 1.29 is 4.74 Å². The molecule has 0 saturated carbocycles. The summed E-state index contributed by atoms with van der Waals surface area (Å²) in [4.78, 5) is 0. The zero-order valence-corrected chi connectivity index (χ0v) is 17.9. The zero-order chi connectivity index (χ0) is 18.6. The second-order valence-corrected chi connectivity index (χ2v) is 8.95. The summed E-state index contributed by atoms with van der Waals surface area (Å²) in [5, 5.41) is 0. The minimum absolute atomic E-state index is 0.408. The molecule has 0 saturated heterocycles. The van der Waals surface area contributed by atoms with Gasteiger partial charge in [0.1, 0.15) is 0 Å². The van der Waals surface area contributed by atoms with Crippen LogP contribution in [0, 0.1) is 5.41 Å². The van der Waals surface area contributed by atoms with E-state index in [2.05, 4.69) is 27.4 Å². The molecular formula is C24H48O. The van der Waals surface area contributed by atoms with E-state index in [0.717, 1.165) is 13.2 Å². The van der Waals surface area contributed by atoms with E-state index in [0.29, 0.717) is 5.41 Å². The summed E-state index contributed by atoms with van der Waals surface area (Å²) in [6.45, 7) is 12.5. The van der Waals surface area contributed by atoms with Crippen LogP contribution in [0.2, 0.25) is 0 Å². The summed E-state index contributed by atoms with van der Waals surface area (Å²) in [6.07, 6.45) is 24.1. The molecule has 0 amide bonds. The van der Waals surface area contributed by atoms with Crippen LogP contribution in [-0.2, 0) is 4.74 Å². The third-order valence-electron chi connectivity index (χ3n) is 4.94. The Bertz CT molecular complexity index is 264. The minimum Gasteiger partial charge on any atom is -0.381 e. The van der Waals surface area contributed by atoms with Crippen LogP contribution in [0.3, 0.4) is 0 Å². The molecule has 0 fully saturated rings. The number of hydrogen-bond acceptors (Lipinski definition) is 1. The van der Waals surface area contributed by atoms with Crippen molar-refractivity contribution in [1.29, 1.82) is 0 Å². The monoisotopic (exact) mass is 352 g/mol. The van der Waals surface area contributed by atoms with Gasteiger partial charge in [0.2, 0.25) is 0 Å². The highest BCUT2D eigenvalue weighted by Gasteiger charge is 2.08. The number of hydrogen-bond donors (Lipinski definition) is 0. The van der Waals surface area contributed by atoms with Gasteiger partial charge in [-0.2, -0.15) is 0 Å². The lowest BCUT2D eigenvalue weighted by atomic mass is 9.93. The SMILES string of the molecule is C=CCCCCCCCCCCCCCCCCOCCC(C)(C)C. The third-order valence-corrected chi connectivity index (χ3v) is 4.94. The molecule has 0 N–H and O–H groups in total. The highest BCUT2D eigenvalue weighted by Crippen LogP contribution is 2.18. The van der Waals surface area contributed by atoms with E-state index in [4.69, 9.17) is 4.74 Å². The molecule has 0 spiro atoms. The molecule has 0 radical (unpaired) electrons. The van der Waals surface area contributed by atoms with Gasteiger partial charge in [0.05, 0.1) is 0 Å². The first kappa shape index (κ1) is 24.7. The molecule has 0 rings (SSSR count). The Morgan fingerprint density at radius 1 is 0.600 bits per heavy atom. The normalized spacial score (nSPS) is 11.8. The molecule has 1 nitrogen and oxygen atoms in total. The molecule has 0 aliphatic heterocycles. The lowest BCUT2D eigenvalue weighted by molar-refractivity contribution is 0.105. The quantitative estimate of drug-likeness (QED) is 0.167. The average Bonchev–Trinajstić information content (AvgIpc) is 2.56. The van der Waals surface area contributed by atoms with Gasteiger partial charge in [0.15, 0.2) is 0 Å². The Balaban J connectivity index is 3.02. The molecule has 0 aromatic rings. The molecule has 0 aliphatic carbocycles. The van der Waals surface area contributed by atoms with Crippen molar-refractivity contribution in [2.75, 3.05) is 13.2 Å². The molecule has 0 aromatic heterocycles. The first-order chi connectivity index (χ1) is 12.1. The predicted octanol–water partition coefficient (Wildman–Crippen LogP) is 8.48. The molecule has 0 unspecified atom stereocenters. The summed E-state index contributed by atoms with van der Waals surface area (Å²) in [6, 6.07) is 0. The van der Waals surface area contributed by atoms with Crippen LogP contribution in [0.15, 0.2) is 12.7 Å². The Morgan fingerprint density at radius 2 is 1.00 bits per heavy atom. The molecule has 0 aromatic carbocycles. The highest BCUT2D eigenvalue weighted by atomic mass is 16.5. The molecule has 0 aliphatic rings. The van der Waals surface area contributed by atoms with Crippen LogP contribution in [0.1, 0.15) is 124 Å². The van der Waals surface area contributed by atoms with Crippen LogP contribution >= 0.6 is 0 Å². The number of allylic oxidation sites excluding steroid dienone is 1. The Labute approximate surface area is 160 Å². The van der Waals surface area contributed by atoms with E-state index in [9.17, 15) is 0 Å². The zero-order valence-electron chi connectivity index (χ0n) is 17.9. The van der Waals surface area contributed by atoms with Crippen molar-refractivity contribution in [3.63, 3.8) is 0 Å². The van der Waals surface area contributed by atoms with Crippen molar-refractivity contribution in [1.82, 2.24) is 0 Å². The van der Waals surface area contributed by atoms with Gasteiger partial charge >= 0.3 is 0 Å². The van der Waals surface area contributed by atoms with Crippen LogP contribution in [0.5, 0.6) is 0 Å². The Morgan fingerprint density at radius 3 is 1.40 bits per heavy atom. The first-order valence-corrected chi connectivity index (χ1v) is 11.2. The standard InChI is InChI=1S/C24H48O/c1-5-6-7-8-9-10-11-12-13-14-15-16-17-18-19-20-22-25-23-21-24(2,3)4/h5H,1,6-23H2,2-4H3. The van der Waals surface area contributed by atoms with Crippen molar-refractivity contribution in [3.8, 4) is 0 Å². The Hall–Kier alpha value is -0.300. The van der Waals surface area contributed by atoms with Crippen molar-refractivity contribution >= 4 is 0 Å². The van der Waals surface area contributed by atoms with Gasteiger partial charge in [0.25, 0.3) is 0 Å². The maximum Gasteiger partial charge on any atom is 0.0471 e. The first-order valence-electron chi connectivity index (χ1n) is 11.2. The number of rotatable bonds is 19. The fourth-order valence-electron chi connectivity index (χ4n) is 3.09. The highest BCUT2D eigenvalue weighted by molar-refractivity contribution is 4.65. The van der Waals surface area contributed by atoms with Crippen molar-refractivity contribution in [2.24, 2.45) is 5.41 Å². The summed E-state index contributed by atoms with van der Waals surface area (Å²) >= 11 is 0. The van der Waals surface area contributed by atoms with Crippen LogP contribution in [0.4, 0.5) is 0 Å². The topological polar surface area (TPSA) is 9.23 Å². The van der Waals surface area contributed by atoms with Gasteiger partial charge in [-0.1, -0.05) is 104 Å². The third kappa shape index (κ3) is 23.7. The summed E-state index contributed by atoms with van der Waals surface area (Å²) < 4.78 is 5.72. The maximum atomic E-state index is 5.72. The molecule has 1 heteroatoms. The second-order valence-electron chi connectivity index (χ2n) is 8.95. The smallest absolute Gasteiger partial charge is 0.0471 e. The molecule has 150 valence electrons. The van der Waals surface area contributed by atoms with Crippen LogP contribution in [0.25, 0.3) is 0 Å². The van der Waals surface area contributed by atoms with Gasteiger partial charge < -0.3 is 4.74 Å². The maximum absolute atomic E-state index is 5.72. The van der Waals surface area contributed by atoms with E-state index >= 15 is 0 Å². The van der Waals surface area contributed by atoms with Gasteiger partial charge in [-0.3, -0.25) is 0 Å². The molecule has 0 atom stereocenters. The van der Waals surface area contributed by atoms with Crippen LogP contribution in [-0.4, -0.2) is 13.2 Å². The summed E-state index contributed by atoms with van der Waals surface area (Å²) in [5.74, 6) is 0. The van der Waals surface area contributed by atoms with E-state index in [1.807, 2.05) is 6.08 Å². The fourth-order valence-corrected chi connectivity index (χ4v) is 3.09. The van der Waals surface area contributed by atoms with E-state index in [1.54, 1.807) is 0 Å². The molecular weight excluding hydrogens is 304 g/mol. The fraction of sp³-hybridized carbons (Fsp3) is 0.917. The summed E-state index contributed by atoms with van der Waals surface area (Å²) in [5.41, 5.74) is 0.408. The Kier molecular flexibility index (Phi) is 18.3. The second kappa shape index (κ2) is 18.5. The summed E-state index contributed by atoms with van der Waals surface area (Å²) in [7, 11) is 0. The lowest BCUT2D eigenvalue weighted by Gasteiger charge is -2.17. The number of ether oxygens (including phenoxy) is 1. The van der Waals surface area contributed by atoms with Gasteiger partial charge in [-0.25, -0.2) is 0 Å². The molecule has 0 heterocycles. The molecule has 0 bridgehead atoms. The molecule has 25 heavy (non-hydrogen) atoms. The van der Waals surface area contributed by atoms with Gasteiger partial charge in [0, 0.05) is 13.2 Å². The predicted molar refractivity (Wildman–Crippen MR) is 114 cm³/mol. The minimum atomic E-state index is 0.408. The van der Waals surface area contributed by atoms with Crippen molar-refractivity contribution in [3.05, 3.63) is 12.7 Å². The van der Waals surface area contributed by atoms with E-state index < -0.39 is 0 Å². The number of unbranched alkanes of at least 4 members (excludes halogenated alkanes) is 14. The van der Waals surface area contributed by atoms with Gasteiger partial charge in [-0.05, 0) is 31.1 Å². The van der Waals surface area contributed by atoms with Crippen molar-refractivity contribution in [2.45, 2.75) is 124 Å². The lowest BCUT2D eigenvalue weighted by Crippen LogP contribution is -2.09. The van der Waals surface area contributed by atoms with E-state index in [-0.39, 0.29) is 0 Å².